The number of ether oxygens (including phenoxy) is 1. The fourth-order valence-corrected chi connectivity index (χ4v) is 3.31. The summed E-state index contributed by atoms with van der Waals surface area (Å²) in [4.78, 5) is 0. The van der Waals surface area contributed by atoms with Gasteiger partial charge in [-0.15, -0.1) is 0 Å². The highest BCUT2D eigenvalue weighted by Crippen LogP contribution is 2.42. The molecule has 1 aliphatic carbocycles. The van der Waals surface area contributed by atoms with E-state index in [0.717, 1.165) is 17.7 Å². The van der Waals surface area contributed by atoms with Crippen LogP contribution in [0.3, 0.4) is 0 Å². The first kappa shape index (κ1) is 14.1. The van der Waals surface area contributed by atoms with Crippen molar-refractivity contribution in [1.29, 1.82) is 0 Å². The van der Waals surface area contributed by atoms with Gasteiger partial charge in [0.25, 0.3) is 0 Å². The predicted octanol–water partition coefficient (Wildman–Crippen LogP) is 2.44. The van der Waals surface area contributed by atoms with Crippen molar-refractivity contribution in [3.05, 3.63) is 65.2 Å². The first-order valence-electron chi connectivity index (χ1n) is 7.35. The molecule has 2 aromatic carbocycles. The number of aliphatic hydroxyl groups is 1. The lowest BCUT2D eigenvalue weighted by Gasteiger charge is -2.37. The molecule has 0 fully saturated rings. The van der Waals surface area contributed by atoms with Gasteiger partial charge in [-0.05, 0) is 23.6 Å². The van der Waals surface area contributed by atoms with Gasteiger partial charge in [0.1, 0.15) is 5.75 Å². The van der Waals surface area contributed by atoms with Crippen LogP contribution in [0.5, 0.6) is 5.75 Å². The zero-order valence-corrected chi connectivity index (χ0v) is 12.2. The number of rotatable bonds is 5. The van der Waals surface area contributed by atoms with Crippen LogP contribution in [0.15, 0.2) is 48.5 Å². The third-order valence-corrected chi connectivity index (χ3v) is 4.51. The summed E-state index contributed by atoms with van der Waals surface area (Å²) in [6, 6.07) is 16.1. The number of methoxy groups -OCH3 is 1. The molecule has 0 aromatic heterocycles. The molecule has 0 amide bonds. The van der Waals surface area contributed by atoms with Gasteiger partial charge in [-0.1, -0.05) is 42.5 Å². The quantitative estimate of drug-likeness (QED) is 0.886. The van der Waals surface area contributed by atoms with E-state index in [-0.39, 0.29) is 11.8 Å². The predicted molar refractivity (Wildman–Crippen MR) is 83.7 cm³/mol. The zero-order valence-electron chi connectivity index (χ0n) is 12.2. The van der Waals surface area contributed by atoms with E-state index in [1.54, 1.807) is 7.11 Å². The smallest absolute Gasteiger partial charge is 0.122 e. The summed E-state index contributed by atoms with van der Waals surface area (Å²) in [5.74, 6) is 0.846. The Morgan fingerprint density at radius 2 is 1.90 bits per heavy atom. The zero-order chi connectivity index (χ0) is 14.8. The van der Waals surface area contributed by atoms with Crippen LogP contribution in [-0.2, 0) is 6.42 Å². The molecule has 3 heteroatoms. The Hall–Kier alpha value is -1.84. The van der Waals surface area contributed by atoms with Gasteiger partial charge in [0, 0.05) is 23.9 Å². The van der Waals surface area contributed by atoms with Gasteiger partial charge in [0.15, 0.2) is 0 Å². The van der Waals surface area contributed by atoms with Crippen molar-refractivity contribution >= 4 is 0 Å². The second-order valence-corrected chi connectivity index (χ2v) is 5.58. The van der Waals surface area contributed by atoms with Gasteiger partial charge in [-0.3, -0.25) is 0 Å². The van der Waals surface area contributed by atoms with Crippen LogP contribution in [0.1, 0.15) is 28.5 Å². The Morgan fingerprint density at radius 1 is 1.19 bits per heavy atom. The Balaban J connectivity index is 1.87. The number of aliphatic hydroxyl groups excluding tert-OH is 1. The molecule has 0 bridgehead atoms. The maximum atomic E-state index is 10.8. The molecule has 0 saturated carbocycles. The molecule has 3 atom stereocenters. The SMILES string of the molecule is COc1ccccc1C(CN)C(O)C1Cc2ccccc21. The Bertz CT molecular complexity index is 626. The van der Waals surface area contributed by atoms with E-state index >= 15 is 0 Å². The highest BCUT2D eigenvalue weighted by Gasteiger charge is 2.36. The average Bonchev–Trinajstić information content (AvgIpc) is 2.50. The molecule has 110 valence electrons. The van der Waals surface area contributed by atoms with Crippen LogP contribution in [-0.4, -0.2) is 24.9 Å². The van der Waals surface area contributed by atoms with Gasteiger partial charge in [-0.25, -0.2) is 0 Å². The standard InChI is InChI=1S/C18H21NO2/c1-21-17-9-5-4-8-14(17)16(11-19)18(20)15-10-12-6-2-3-7-13(12)15/h2-9,15-16,18,20H,10-11,19H2,1H3. The second kappa shape index (κ2) is 5.88. The summed E-state index contributed by atoms with van der Waals surface area (Å²) in [5.41, 5.74) is 9.52. The average molecular weight is 283 g/mol. The summed E-state index contributed by atoms with van der Waals surface area (Å²) in [6.45, 7) is 0.403. The fraction of sp³-hybridized carbons (Fsp3) is 0.333. The lowest BCUT2D eigenvalue weighted by Crippen LogP contribution is -2.36. The molecular weight excluding hydrogens is 262 g/mol. The van der Waals surface area contributed by atoms with Crippen molar-refractivity contribution in [3.8, 4) is 5.75 Å². The van der Waals surface area contributed by atoms with E-state index in [1.165, 1.54) is 11.1 Å². The number of hydrogen-bond acceptors (Lipinski definition) is 3. The van der Waals surface area contributed by atoms with E-state index in [0.29, 0.717) is 6.54 Å². The third kappa shape index (κ3) is 2.43. The molecule has 2 aromatic rings. The van der Waals surface area contributed by atoms with E-state index in [1.807, 2.05) is 36.4 Å². The van der Waals surface area contributed by atoms with Crippen LogP contribution in [0.4, 0.5) is 0 Å². The summed E-state index contributed by atoms with van der Waals surface area (Å²) >= 11 is 0. The van der Waals surface area contributed by atoms with Crippen molar-refractivity contribution in [2.24, 2.45) is 5.73 Å². The van der Waals surface area contributed by atoms with Crippen LogP contribution in [0.2, 0.25) is 0 Å². The highest BCUT2D eigenvalue weighted by molar-refractivity contribution is 5.43. The van der Waals surface area contributed by atoms with Crippen molar-refractivity contribution in [1.82, 2.24) is 0 Å². The number of benzene rings is 2. The Labute approximate surface area is 125 Å². The van der Waals surface area contributed by atoms with Crippen LogP contribution < -0.4 is 10.5 Å². The van der Waals surface area contributed by atoms with Crippen LogP contribution >= 0.6 is 0 Å². The molecule has 1 aliphatic rings. The van der Waals surface area contributed by atoms with E-state index in [4.69, 9.17) is 10.5 Å². The summed E-state index contributed by atoms with van der Waals surface area (Å²) in [5, 5.41) is 10.8. The molecule has 3 N–H and O–H groups in total. The number of hydrogen-bond donors (Lipinski definition) is 2. The Morgan fingerprint density at radius 3 is 2.62 bits per heavy atom. The van der Waals surface area contributed by atoms with Crippen LogP contribution in [0.25, 0.3) is 0 Å². The van der Waals surface area contributed by atoms with Gasteiger partial charge in [0.05, 0.1) is 13.2 Å². The number of fused-ring (bicyclic) bond motifs is 1. The molecule has 0 heterocycles. The monoisotopic (exact) mass is 283 g/mol. The maximum Gasteiger partial charge on any atom is 0.122 e. The minimum absolute atomic E-state index is 0.112. The fourth-order valence-electron chi connectivity index (χ4n) is 3.31. The minimum atomic E-state index is -0.485. The summed E-state index contributed by atoms with van der Waals surface area (Å²) in [6.07, 6.45) is 0.435. The third-order valence-electron chi connectivity index (χ3n) is 4.51. The second-order valence-electron chi connectivity index (χ2n) is 5.58. The molecular formula is C18H21NO2. The molecule has 0 saturated heterocycles. The van der Waals surface area contributed by atoms with Crippen LogP contribution in [0, 0.1) is 0 Å². The largest absolute Gasteiger partial charge is 0.496 e. The maximum absolute atomic E-state index is 10.8. The molecule has 3 unspecified atom stereocenters. The van der Waals surface area contributed by atoms with E-state index in [2.05, 4.69) is 12.1 Å². The van der Waals surface area contributed by atoms with E-state index < -0.39 is 6.10 Å². The number of nitrogens with two attached hydrogens (primary N) is 1. The lowest BCUT2D eigenvalue weighted by atomic mass is 9.70. The van der Waals surface area contributed by atoms with Gasteiger partial charge in [0.2, 0.25) is 0 Å². The van der Waals surface area contributed by atoms with Crippen molar-refractivity contribution in [3.63, 3.8) is 0 Å². The van der Waals surface area contributed by atoms with Gasteiger partial charge in [-0.2, -0.15) is 0 Å². The summed E-state index contributed by atoms with van der Waals surface area (Å²) in [7, 11) is 1.65. The topological polar surface area (TPSA) is 55.5 Å². The number of para-hydroxylation sites is 1. The lowest BCUT2D eigenvalue weighted by molar-refractivity contribution is 0.105. The highest BCUT2D eigenvalue weighted by atomic mass is 16.5. The van der Waals surface area contributed by atoms with Gasteiger partial charge < -0.3 is 15.6 Å². The molecule has 0 radical (unpaired) electrons. The van der Waals surface area contributed by atoms with E-state index in [9.17, 15) is 5.11 Å². The van der Waals surface area contributed by atoms with Gasteiger partial charge >= 0.3 is 0 Å². The minimum Gasteiger partial charge on any atom is -0.496 e. The Kier molecular flexibility index (Phi) is 3.95. The molecule has 21 heavy (non-hydrogen) atoms. The van der Waals surface area contributed by atoms with Crippen molar-refractivity contribution in [2.75, 3.05) is 13.7 Å². The normalized spacial score (nSPS) is 19.3. The summed E-state index contributed by atoms with van der Waals surface area (Å²) < 4.78 is 5.41. The first-order chi connectivity index (χ1) is 10.3. The molecule has 3 nitrogen and oxygen atoms in total. The van der Waals surface area contributed by atoms with Crippen molar-refractivity contribution < 1.29 is 9.84 Å². The molecule has 3 rings (SSSR count). The molecule has 0 spiro atoms. The molecule has 0 aliphatic heterocycles. The van der Waals surface area contributed by atoms with Crippen molar-refractivity contribution in [2.45, 2.75) is 24.4 Å². The first-order valence-corrected chi connectivity index (χ1v) is 7.35.